The molecule has 6 heteroatoms. The first-order valence-corrected chi connectivity index (χ1v) is 5.22. The van der Waals surface area contributed by atoms with Gasteiger partial charge in [0, 0.05) is 12.6 Å². The van der Waals surface area contributed by atoms with Crippen molar-refractivity contribution in [3.05, 3.63) is 11.9 Å². The molecule has 2 N–H and O–H groups in total. The molecule has 0 radical (unpaired) electrons. The van der Waals surface area contributed by atoms with Crippen molar-refractivity contribution >= 4 is 11.8 Å². The normalized spacial score (nSPS) is 11.1. The van der Waals surface area contributed by atoms with Gasteiger partial charge >= 0.3 is 5.97 Å². The van der Waals surface area contributed by atoms with Crippen molar-refractivity contribution in [1.82, 2.24) is 9.97 Å². The van der Waals surface area contributed by atoms with Crippen LogP contribution < -0.4 is 10.1 Å². The second-order valence-corrected chi connectivity index (χ2v) is 4.39. The molecule has 0 aliphatic rings. The molecule has 0 fully saturated rings. The van der Waals surface area contributed by atoms with E-state index in [1.54, 1.807) is 26.8 Å². The summed E-state index contributed by atoms with van der Waals surface area (Å²) in [6, 6.07) is 1.63. The van der Waals surface area contributed by atoms with E-state index in [9.17, 15) is 4.79 Å². The zero-order valence-corrected chi connectivity index (χ0v) is 10.4. The van der Waals surface area contributed by atoms with Gasteiger partial charge in [0.1, 0.15) is 11.6 Å². The Balaban J connectivity index is 2.76. The predicted molar refractivity (Wildman–Crippen MR) is 63.2 cm³/mol. The predicted octanol–water partition coefficient (Wildman–Crippen LogP) is 1.32. The van der Waals surface area contributed by atoms with Crippen molar-refractivity contribution in [3.8, 4) is 5.88 Å². The lowest BCUT2D eigenvalue weighted by molar-refractivity contribution is -0.146. The fraction of sp³-hybridized carbons (Fsp3) is 0.545. The summed E-state index contributed by atoms with van der Waals surface area (Å²) >= 11 is 0. The van der Waals surface area contributed by atoms with E-state index in [2.05, 4.69) is 15.3 Å². The lowest BCUT2D eigenvalue weighted by Gasteiger charge is -2.20. The second-order valence-electron chi connectivity index (χ2n) is 4.39. The number of methoxy groups -OCH3 is 1. The van der Waals surface area contributed by atoms with Gasteiger partial charge in [-0.05, 0) is 20.8 Å². The summed E-state index contributed by atoms with van der Waals surface area (Å²) in [4.78, 5) is 19.1. The molecular formula is C11H17N3O3. The minimum atomic E-state index is -0.859. The number of aryl methyl sites for hydroxylation is 1. The van der Waals surface area contributed by atoms with E-state index in [1.807, 2.05) is 0 Å². The third kappa shape index (κ3) is 3.58. The Kier molecular flexibility index (Phi) is 3.88. The van der Waals surface area contributed by atoms with Gasteiger partial charge in [0.25, 0.3) is 0 Å². The van der Waals surface area contributed by atoms with E-state index in [0.29, 0.717) is 17.5 Å². The van der Waals surface area contributed by atoms with E-state index in [4.69, 9.17) is 9.84 Å². The molecule has 0 unspecified atom stereocenters. The molecule has 0 saturated heterocycles. The smallest absolute Gasteiger partial charge is 0.310 e. The quantitative estimate of drug-likeness (QED) is 0.806. The van der Waals surface area contributed by atoms with Gasteiger partial charge in [0.15, 0.2) is 0 Å². The standard InChI is InChI=1S/C11H17N3O3/c1-7-13-8(5-9(14-7)17-4)12-6-11(2,3)10(15)16/h5H,6H2,1-4H3,(H,15,16)(H,12,13,14). The Morgan fingerprint density at radius 1 is 1.53 bits per heavy atom. The average Bonchev–Trinajstić information content (AvgIpc) is 2.25. The number of aromatic nitrogens is 2. The van der Waals surface area contributed by atoms with Gasteiger partial charge < -0.3 is 15.2 Å². The number of carboxylic acid groups (broad SMARTS) is 1. The van der Waals surface area contributed by atoms with E-state index >= 15 is 0 Å². The van der Waals surface area contributed by atoms with Crippen molar-refractivity contribution in [2.75, 3.05) is 19.0 Å². The molecule has 1 aromatic heterocycles. The van der Waals surface area contributed by atoms with E-state index in [1.165, 1.54) is 7.11 Å². The number of hydrogen-bond acceptors (Lipinski definition) is 5. The third-order valence-electron chi connectivity index (χ3n) is 2.31. The number of ether oxygens (including phenoxy) is 1. The number of carbonyl (C=O) groups is 1. The van der Waals surface area contributed by atoms with Gasteiger partial charge in [-0.15, -0.1) is 0 Å². The topological polar surface area (TPSA) is 84.3 Å². The van der Waals surface area contributed by atoms with Crippen molar-refractivity contribution in [1.29, 1.82) is 0 Å². The van der Waals surface area contributed by atoms with Crippen LogP contribution >= 0.6 is 0 Å². The Hall–Kier alpha value is -1.85. The van der Waals surface area contributed by atoms with Crippen molar-refractivity contribution in [2.45, 2.75) is 20.8 Å². The van der Waals surface area contributed by atoms with Crippen LogP contribution in [0.1, 0.15) is 19.7 Å². The molecule has 1 rings (SSSR count). The Morgan fingerprint density at radius 2 is 2.18 bits per heavy atom. The Bertz CT molecular complexity index is 418. The maximum absolute atomic E-state index is 10.9. The highest BCUT2D eigenvalue weighted by Crippen LogP contribution is 2.18. The minimum Gasteiger partial charge on any atom is -0.481 e. The van der Waals surface area contributed by atoms with Crippen molar-refractivity contribution in [3.63, 3.8) is 0 Å². The van der Waals surface area contributed by atoms with E-state index in [-0.39, 0.29) is 6.54 Å². The molecule has 0 saturated carbocycles. The summed E-state index contributed by atoms with van der Waals surface area (Å²) in [7, 11) is 1.52. The van der Waals surface area contributed by atoms with Gasteiger partial charge in [-0.25, -0.2) is 4.98 Å². The SMILES string of the molecule is COc1cc(NCC(C)(C)C(=O)O)nc(C)n1. The van der Waals surface area contributed by atoms with Crippen LogP contribution in [0.15, 0.2) is 6.07 Å². The molecular weight excluding hydrogens is 222 g/mol. The van der Waals surface area contributed by atoms with Crippen LogP contribution in [0, 0.1) is 12.3 Å². The molecule has 1 heterocycles. The van der Waals surface area contributed by atoms with Crippen molar-refractivity contribution in [2.24, 2.45) is 5.41 Å². The van der Waals surface area contributed by atoms with Gasteiger partial charge in [0.2, 0.25) is 5.88 Å². The fourth-order valence-electron chi connectivity index (χ4n) is 1.12. The van der Waals surface area contributed by atoms with E-state index in [0.717, 1.165) is 0 Å². The molecule has 1 aromatic rings. The molecule has 94 valence electrons. The van der Waals surface area contributed by atoms with Crippen LogP contribution in [-0.2, 0) is 4.79 Å². The summed E-state index contributed by atoms with van der Waals surface area (Å²) in [5.74, 6) is 0.722. The average molecular weight is 239 g/mol. The van der Waals surface area contributed by atoms with Crippen LogP contribution in [-0.4, -0.2) is 34.7 Å². The number of carboxylic acids is 1. The number of anilines is 1. The summed E-state index contributed by atoms with van der Waals surface area (Å²) < 4.78 is 5.01. The van der Waals surface area contributed by atoms with Crippen LogP contribution in [0.5, 0.6) is 5.88 Å². The zero-order valence-electron chi connectivity index (χ0n) is 10.4. The Morgan fingerprint density at radius 3 is 2.71 bits per heavy atom. The molecule has 0 amide bonds. The highest BCUT2D eigenvalue weighted by molar-refractivity contribution is 5.74. The molecule has 0 aliphatic carbocycles. The monoisotopic (exact) mass is 239 g/mol. The van der Waals surface area contributed by atoms with Crippen LogP contribution in [0.25, 0.3) is 0 Å². The summed E-state index contributed by atoms with van der Waals surface area (Å²) in [5.41, 5.74) is -0.855. The van der Waals surface area contributed by atoms with Gasteiger partial charge in [-0.2, -0.15) is 4.98 Å². The number of nitrogens with one attached hydrogen (secondary N) is 1. The minimum absolute atomic E-state index is 0.280. The third-order valence-corrected chi connectivity index (χ3v) is 2.31. The van der Waals surface area contributed by atoms with E-state index < -0.39 is 11.4 Å². The fourth-order valence-corrected chi connectivity index (χ4v) is 1.12. The molecule has 0 bridgehead atoms. The zero-order chi connectivity index (χ0) is 13.1. The maximum atomic E-state index is 10.9. The van der Waals surface area contributed by atoms with Crippen molar-refractivity contribution < 1.29 is 14.6 Å². The Labute approximate surface area is 100 Å². The largest absolute Gasteiger partial charge is 0.481 e. The van der Waals surface area contributed by atoms with Gasteiger partial charge in [0.05, 0.1) is 12.5 Å². The van der Waals surface area contributed by atoms with Gasteiger partial charge in [-0.1, -0.05) is 0 Å². The molecule has 6 nitrogen and oxygen atoms in total. The first-order chi connectivity index (χ1) is 7.85. The summed E-state index contributed by atoms with van der Waals surface area (Å²) in [6.07, 6.45) is 0. The van der Waals surface area contributed by atoms with Crippen LogP contribution in [0.4, 0.5) is 5.82 Å². The summed E-state index contributed by atoms with van der Waals surface area (Å²) in [6.45, 7) is 5.32. The highest BCUT2D eigenvalue weighted by Gasteiger charge is 2.26. The summed E-state index contributed by atoms with van der Waals surface area (Å²) in [5, 5.41) is 11.9. The first-order valence-electron chi connectivity index (χ1n) is 5.22. The van der Waals surface area contributed by atoms with Crippen LogP contribution in [0.2, 0.25) is 0 Å². The lowest BCUT2D eigenvalue weighted by Crippen LogP contribution is -2.32. The first kappa shape index (κ1) is 13.2. The maximum Gasteiger partial charge on any atom is 0.310 e. The molecule has 17 heavy (non-hydrogen) atoms. The number of hydrogen-bond donors (Lipinski definition) is 2. The second kappa shape index (κ2) is 4.99. The number of rotatable bonds is 5. The number of nitrogens with zero attached hydrogens (tertiary/aromatic N) is 2. The highest BCUT2D eigenvalue weighted by atomic mass is 16.5. The van der Waals surface area contributed by atoms with Gasteiger partial charge in [-0.3, -0.25) is 4.79 Å². The van der Waals surface area contributed by atoms with Crippen LogP contribution in [0.3, 0.4) is 0 Å². The molecule has 0 aliphatic heterocycles. The molecule has 0 aromatic carbocycles. The lowest BCUT2D eigenvalue weighted by atomic mass is 9.94. The number of aliphatic carboxylic acids is 1. The molecule has 0 atom stereocenters. The molecule has 0 spiro atoms.